The molecule has 1 amide bonds. The zero-order valence-electron chi connectivity index (χ0n) is 11.7. The summed E-state index contributed by atoms with van der Waals surface area (Å²) in [6.07, 6.45) is -4.55. The highest BCUT2D eigenvalue weighted by atomic mass is 19.4. The van der Waals surface area contributed by atoms with Crippen LogP contribution in [0, 0.1) is 0 Å². The van der Waals surface area contributed by atoms with Crippen molar-refractivity contribution in [2.24, 2.45) is 0 Å². The van der Waals surface area contributed by atoms with Crippen LogP contribution in [0.2, 0.25) is 0 Å². The van der Waals surface area contributed by atoms with Gasteiger partial charge in [-0.15, -0.1) is 0 Å². The van der Waals surface area contributed by atoms with E-state index in [4.69, 9.17) is 5.11 Å². The Morgan fingerprint density at radius 1 is 1.27 bits per heavy atom. The van der Waals surface area contributed by atoms with Gasteiger partial charge >= 0.3 is 12.1 Å². The summed E-state index contributed by atoms with van der Waals surface area (Å²) in [6, 6.07) is 6.19. The smallest absolute Gasteiger partial charge is 0.396 e. The van der Waals surface area contributed by atoms with Gasteiger partial charge in [0, 0.05) is 13.0 Å². The summed E-state index contributed by atoms with van der Waals surface area (Å²) >= 11 is 0. The molecule has 0 aliphatic carbocycles. The quantitative estimate of drug-likeness (QED) is 0.929. The third kappa shape index (κ3) is 3.58. The van der Waals surface area contributed by atoms with Gasteiger partial charge in [-0.1, -0.05) is 30.3 Å². The Morgan fingerprint density at radius 2 is 1.91 bits per heavy atom. The molecule has 1 aromatic rings. The second-order valence-corrected chi connectivity index (χ2v) is 5.29. The molecular weight excluding hydrogens is 299 g/mol. The summed E-state index contributed by atoms with van der Waals surface area (Å²) in [4.78, 5) is 24.3. The van der Waals surface area contributed by atoms with Crippen molar-refractivity contribution in [3.63, 3.8) is 0 Å². The summed E-state index contributed by atoms with van der Waals surface area (Å²) in [7, 11) is 0. The van der Waals surface area contributed by atoms with Crippen molar-refractivity contribution in [3.8, 4) is 0 Å². The molecule has 1 aromatic carbocycles. The first kappa shape index (κ1) is 16.3. The van der Waals surface area contributed by atoms with Crippen molar-refractivity contribution in [2.75, 3.05) is 6.54 Å². The highest BCUT2D eigenvalue weighted by Gasteiger charge is 2.44. The predicted octanol–water partition coefficient (Wildman–Crippen LogP) is 2.80. The van der Waals surface area contributed by atoms with Gasteiger partial charge in [-0.25, -0.2) is 4.79 Å². The molecule has 0 bridgehead atoms. The molecule has 0 radical (unpaired) electrons. The maximum absolute atomic E-state index is 13.2. The number of alkyl halides is 3. The zero-order valence-corrected chi connectivity index (χ0v) is 11.7. The van der Waals surface area contributed by atoms with Crippen molar-refractivity contribution < 1.29 is 27.9 Å². The Bertz CT molecular complexity index is 545. The minimum absolute atomic E-state index is 0.00872. The molecule has 2 atom stereocenters. The van der Waals surface area contributed by atoms with Crippen LogP contribution >= 0.6 is 0 Å². The molecule has 1 aliphatic rings. The van der Waals surface area contributed by atoms with Gasteiger partial charge in [0.25, 0.3) is 0 Å². The molecule has 0 aromatic heterocycles. The van der Waals surface area contributed by atoms with Gasteiger partial charge in [0.05, 0.1) is 5.92 Å². The first-order valence-electron chi connectivity index (χ1n) is 6.94. The molecule has 120 valence electrons. The van der Waals surface area contributed by atoms with E-state index in [-0.39, 0.29) is 18.5 Å². The molecule has 22 heavy (non-hydrogen) atoms. The van der Waals surface area contributed by atoms with Crippen molar-refractivity contribution in [1.82, 2.24) is 4.90 Å². The molecule has 1 fully saturated rings. The molecule has 1 saturated heterocycles. The molecule has 2 rings (SSSR count). The number of hydrogen-bond acceptors (Lipinski definition) is 2. The lowest BCUT2D eigenvalue weighted by Crippen LogP contribution is -2.41. The van der Waals surface area contributed by atoms with Gasteiger partial charge < -0.3 is 10.0 Å². The number of hydrogen-bond donors (Lipinski definition) is 1. The number of rotatable bonds is 4. The van der Waals surface area contributed by atoms with Crippen LogP contribution in [0.1, 0.15) is 30.7 Å². The highest BCUT2D eigenvalue weighted by Crippen LogP contribution is 2.38. The van der Waals surface area contributed by atoms with Crippen LogP contribution in [-0.2, 0) is 9.59 Å². The van der Waals surface area contributed by atoms with E-state index in [9.17, 15) is 22.8 Å². The van der Waals surface area contributed by atoms with E-state index in [2.05, 4.69) is 0 Å². The first-order chi connectivity index (χ1) is 10.3. The average molecular weight is 315 g/mol. The number of carboxylic acids is 1. The molecule has 1 N–H and O–H groups in total. The van der Waals surface area contributed by atoms with Crippen molar-refractivity contribution in [3.05, 3.63) is 35.9 Å². The second kappa shape index (κ2) is 6.37. The number of likely N-dealkylation sites (tertiary alicyclic amines) is 1. The van der Waals surface area contributed by atoms with E-state index < -0.39 is 36.4 Å². The summed E-state index contributed by atoms with van der Waals surface area (Å²) in [5.74, 6) is -3.86. The molecule has 1 heterocycles. The van der Waals surface area contributed by atoms with E-state index in [1.807, 2.05) is 0 Å². The maximum Gasteiger partial charge on any atom is 0.396 e. The largest absolute Gasteiger partial charge is 0.480 e. The Morgan fingerprint density at radius 3 is 2.45 bits per heavy atom. The van der Waals surface area contributed by atoms with Gasteiger partial charge in [0.15, 0.2) is 0 Å². The van der Waals surface area contributed by atoms with Gasteiger partial charge in [-0.3, -0.25) is 4.79 Å². The molecule has 0 saturated carbocycles. The summed E-state index contributed by atoms with van der Waals surface area (Å²) in [6.45, 7) is 0.190. The second-order valence-electron chi connectivity index (χ2n) is 5.29. The van der Waals surface area contributed by atoms with E-state index in [1.54, 1.807) is 6.07 Å². The minimum atomic E-state index is -4.56. The summed E-state index contributed by atoms with van der Waals surface area (Å²) in [5, 5.41) is 9.03. The Kier molecular flexibility index (Phi) is 4.73. The van der Waals surface area contributed by atoms with Crippen LogP contribution in [0.4, 0.5) is 13.2 Å². The zero-order chi connectivity index (χ0) is 16.3. The molecule has 1 aliphatic heterocycles. The van der Waals surface area contributed by atoms with E-state index in [0.29, 0.717) is 6.42 Å². The van der Waals surface area contributed by atoms with Crippen LogP contribution < -0.4 is 0 Å². The average Bonchev–Trinajstić information content (AvgIpc) is 2.94. The number of carbonyl (C=O) groups excluding carboxylic acids is 1. The van der Waals surface area contributed by atoms with Gasteiger partial charge in [-0.2, -0.15) is 13.2 Å². The van der Waals surface area contributed by atoms with Crippen LogP contribution in [0.15, 0.2) is 30.3 Å². The van der Waals surface area contributed by atoms with Crippen LogP contribution in [0.25, 0.3) is 0 Å². The van der Waals surface area contributed by atoms with E-state index >= 15 is 0 Å². The fourth-order valence-corrected chi connectivity index (χ4v) is 2.72. The number of carbonyl (C=O) groups is 2. The van der Waals surface area contributed by atoms with Gasteiger partial charge in [0.1, 0.15) is 6.04 Å². The first-order valence-corrected chi connectivity index (χ1v) is 6.94. The third-order valence-electron chi connectivity index (χ3n) is 3.83. The van der Waals surface area contributed by atoms with Crippen LogP contribution in [0.5, 0.6) is 0 Å². The van der Waals surface area contributed by atoms with Crippen molar-refractivity contribution in [2.45, 2.75) is 37.4 Å². The number of aliphatic carboxylic acids is 1. The SMILES string of the molecule is O=C(O)[C@@H]1CCCN1C(=O)C[C@@H](c1ccccc1)C(F)(F)F. The minimum Gasteiger partial charge on any atom is -0.480 e. The third-order valence-corrected chi connectivity index (χ3v) is 3.83. The predicted molar refractivity (Wildman–Crippen MR) is 72.2 cm³/mol. The number of nitrogens with zero attached hydrogens (tertiary/aromatic N) is 1. The summed E-state index contributed by atoms with van der Waals surface area (Å²) in [5.41, 5.74) is 0.00872. The van der Waals surface area contributed by atoms with Crippen molar-refractivity contribution >= 4 is 11.9 Å². The number of halogens is 3. The number of benzene rings is 1. The fourth-order valence-electron chi connectivity index (χ4n) is 2.72. The van der Waals surface area contributed by atoms with Gasteiger partial charge in [-0.05, 0) is 18.4 Å². The number of carboxylic acid groups (broad SMARTS) is 1. The van der Waals surface area contributed by atoms with Gasteiger partial charge in [0.2, 0.25) is 5.91 Å². The fraction of sp³-hybridized carbons (Fsp3) is 0.467. The lowest BCUT2D eigenvalue weighted by atomic mass is 9.94. The lowest BCUT2D eigenvalue weighted by molar-refractivity contribution is -0.162. The monoisotopic (exact) mass is 315 g/mol. The molecule has 0 spiro atoms. The summed E-state index contributed by atoms with van der Waals surface area (Å²) < 4.78 is 39.7. The highest BCUT2D eigenvalue weighted by molar-refractivity contribution is 5.84. The maximum atomic E-state index is 13.2. The van der Waals surface area contributed by atoms with E-state index in [0.717, 1.165) is 4.90 Å². The Balaban J connectivity index is 2.17. The Labute approximate surface area is 125 Å². The molecule has 0 unspecified atom stereocenters. The lowest BCUT2D eigenvalue weighted by Gasteiger charge is -2.26. The number of amides is 1. The van der Waals surface area contributed by atoms with Crippen molar-refractivity contribution in [1.29, 1.82) is 0 Å². The van der Waals surface area contributed by atoms with Crippen LogP contribution in [0.3, 0.4) is 0 Å². The molecule has 4 nitrogen and oxygen atoms in total. The van der Waals surface area contributed by atoms with Crippen LogP contribution in [-0.4, -0.2) is 40.6 Å². The molecule has 7 heteroatoms. The topological polar surface area (TPSA) is 57.6 Å². The standard InChI is InChI=1S/C15H16F3NO3/c16-15(17,18)11(10-5-2-1-3-6-10)9-13(20)19-8-4-7-12(19)14(21)22/h1-3,5-6,11-12H,4,7-9H2,(H,21,22)/t11-,12-/m0/s1. The molecular formula is C15H16F3NO3. The normalized spacial score (nSPS) is 20.0. The van der Waals surface area contributed by atoms with E-state index in [1.165, 1.54) is 24.3 Å². The Hall–Kier alpha value is -2.05.